The van der Waals surface area contributed by atoms with E-state index in [2.05, 4.69) is 24.8 Å². The fourth-order valence-electron chi connectivity index (χ4n) is 2.81. The minimum absolute atomic E-state index is 0.0541. The van der Waals surface area contributed by atoms with Gasteiger partial charge in [-0.05, 0) is 26.0 Å². The standard InChI is InChI=1S/C16H20N2O2S2/c1-12(2)8-9-21-16-17-14-10-22(19,20)11-15(14)18(16)13-6-4-3-5-7-13/h3-8,14-15H,9-11H2,1-2H3/t14-,15+/m0/s1. The number of rotatable bonds is 3. The molecule has 1 saturated heterocycles. The van der Waals surface area contributed by atoms with Crippen molar-refractivity contribution < 1.29 is 8.42 Å². The quantitative estimate of drug-likeness (QED) is 0.797. The molecule has 0 amide bonds. The van der Waals surface area contributed by atoms with Gasteiger partial charge in [-0.1, -0.05) is 41.6 Å². The van der Waals surface area contributed by atoms with Gasteiger partial charge in [-0.15, -0.1) is 0 Å². The molecule has 0 aliphatic carbocycles. The van der Waals surface area contributed by atoms with E-state index >= 15 is 0 Å². The first-order chi connectivity index (χ1) is 10.5. The van der Waals surface area contributed by atoms with Crippen molar-refractivity contribution in [2.24, 2.45) is 4.99 Å². The second-order valence-corrected chi connectivity index (χ2v) is 9.06. The normalized spacial score (nSPS) is 25.7. The second-order valence-electron chi connectivity index (χ2n) is 5.92. The Labute approximate surface area is 136 Å². The first kappa shape index (κ1) is 15.6. The van der Waals surface area contributed by atoms with Crippen molar-refractivity contribution >= 4 is 32.5 Å². The molecule has 1 fully saturated rings. The first-order valence-corrected chi connectivity index (χ1v) is 10.2. The summed E-state index contributed by atoms with van der Waals surface area (Å²) in [6.07, 6.45) is 2.17. The van der Waals surface area contributed by atoms with E-state index in [1.165, 1.54) is 5.57 Å². The van der Waals surface area contributed by atoms with Gasteiger partial charge in [0.25, 0.3) is 0 Å². The van der Waals surface area contributed by atoms with Gasteiger partial charge in [0.05, 0.1) is 23.6 Å². The molecule has 4 nitrogen and oxygen atoms in total. The lowest BCUT2D eigenvalue weighted by atomic mass is 10.1. The van der Waals surface area contributed by atoms with Crippen LogP contribution >= 0.6 is 11.8 Å². The van der Waals surface area contributed by atoms with Crippen LogP contribution in [0, 0.1) is 0 Å². The minimum Gasteiger partial charge on any atom is -0.315 e. The third-order valence-electron chi connectivity index (χ3n) is 3.85. The number of para-hydroxylation sites is 1. The molecule has 0 saturated carbocycles. The van der Waals surface area contributed by atoms with Crippen LogP contribution in [0.4, 0.5) is 5.69 Å². The van der Waals surface area contributed by atoms with Gasteiger partial charge >= 0.3 is 0 Å². The Hall–Kier alpha value is -1.27. The van der Waals surface area contributed by atoms with Gasteiger partial charge in [-0.25, -0.2) is 8.42 Å². The number of amidine groups is 1. The monoisotopic (exact) mass is 336 g/mol. The maximum absolute atomic E-state index is 11.9. The molecule has 2 aliphatic rings. The molecule has 1 aromatic rings. The molecule has 6 heteroatoms. The molecule has 118 valence electrons. The molecule has 0 N–H and O–H groups in total. The van der Waals surface area contributed by atoms with Crippen molar-refractivity contribution in [1.82, 2.24) is 0 Å². The highest BCUT2D eigenvalue weighted by Gasteiger charge is 2.46. The van der Waals surface area contributed by atoms with E-state index in [1.807, 2.05) is 30.3 Å². The van der Waals surface area contributed by atoms with Crippen molar-refractivity contribution in [2.75, 3.05) is 22.2 Å². The SMILES string of the molecule is CC(C)=CCSC1=N[C@H]2CS(=O)(=O)C[C@H]2N1c1ccccc1. The van der Waals surface area contributed by atoms with Gasteiger partial charge in [-0.2, -0.15) is 0 Å². The highest BCUT2D eigenvalue weighted by Crippen LogP contribution is 2.34. The minimum atomic E-state index is -2.97. The van der Waals surface area contributed by atoms with Crippen LogP contribution in [0.1, 0.15) is 13.8 Å². The van der Waals surface area contributed by atoms with Gasteiger partial charge in [0.2, 0.25) is 0 Å². The number of benzene rings is 1. The zero-order valence-electron chi connectivity index (χ0n) is 12.8. The van der Waals surface area contributed by atoms with Crippen LogP contribution in [0.2, 0.25) is 0 Å². The van der Waals surface area contributed by atoms with Gasteiger partial charge in [0, 0.05) is 11.4 Å². The molecule has 2 heterocycles. The van der Waals surface area contributed by atoms with Gasteiger partial charge in [-0.3, -0.25) is 4.99 Å². The highest BCUT2D eigenvalue weighted by molar-refractivity contribution is 8.14. The molecule has 0 bridgehead atoms. The summed E-state index contributed by atoms with van der Waals surface area (Å²) in [7, 11) is -2.97. The summed E-state index contributed by atoms with van der Waals surface area (Å²) >= 11 is 1.68. The van der Waals surface area contributed by atoms with Crippen molar-refractivity contribution in [3.63, 3.8) is 0 Å². The van der Waals surface area contributed by atoms with Gasteiger partial charge in [0.1, 0.15) is 0 Å². The van der Waals surface area contributed by atoms with Gasteiger partial charge < -0.3 is 4.90 Å². The summed E-state index contributed by atoms with van der Waals surface area (Å²) in [5, 5.41) is 0.939. The van der Waals surface area contributed by atoms with Crippen LogP contribution in [0.15, 0.2) is 47.0 Å². The van der Waals surface area contributed by atoms with E-state index in [-0.39, 0.29) is 23.6 Å². The average Bonchev–Trinajstić information content (AvgIpc) is 2.90. The molecular formula is C16H20N2O2S2. The summed E-state index contributed by atoms with van der Waals surface area (Å²) in [5.41, 5.74) is 2.30. The number of sulfone groups is 1. The van der Waals surface area contributed by atoms with Crippen molar-refractivity contribution in [3.8, 4) is 0 Å². The summed E-state index contributed by atoms with van der Waals surface area (Å²) < 4.78 is 23.8. The largest absolute Gasteiger partial charge is 0.315 e. The van der Waals surface area contributed by atoms with Crippen LogP contribution in [-0.4, -0.2) is 42.9 Å². The number of thioether (sulfide) groups is 1. The molecule has 2 atom stereocenters. The predicted molar refractivity (Wildman–Crippen MR) is 94.5 cm³/mol. The lowest BCUT2D eigenvalue weighted by Gasteiger charge is -2.26. The van der Waals surface area contributed by atoms with E-state index < -0.39 is 9.84 Å². The number of nitrogens with zero attached hydrogens (tertiary/aromatic N) is 2. The lowest BCUT2D eigenvalue weighted by Crippen LogP contribution is -2.39. The fraction of sp³-hybridized carbons (Fsp3) is 0.438. The zero-order chi connectivity index (χ0) is 15.7. The average molecular weight is 336 g/mol. The maximum Gasteiger partial charge on any atom is 0.164 e. The third kappa shape index (κ3) is 3.22. The number of hydrogen-bond acceptors (Lipinski definition) is 5. The Morgan fingerprint density at radius 1 is 1.32 bits per heavy atom. The van der Waals surface area contributed by atoms with Crippen molar-refractivity contribution in [1.29, 1.82) is 0 Å². The Kier molecular flexibility index (Phi) is 4.32. The Morgan fingerprint density at radius 2 is 2.05 bits per heavy atom. The summed E-state index contributed by atoms with van der Waals surface area (Å²) in [6.45, 7) is 4.15. The maximum atomic E-state index is 11.9. The molecule has 2 aliphatic heterocycles. The Morgan fingerprint density at radius 3 is 2.73 bits per heavy atom. The van der Waals surface area contributed by atoms with Crippen molar-refractivity contribution in [2.45, 2.75) is 25.9 Å². The summed E-state index contributed by atoms with van der Waals surface area (Å²) in [5.74, 6) is 1.23. The smallest absolute Gasteiger partial charge is 0.164 e. The first-order valence-electron chi connectivity index (χ1n) is 7.35. The van der Waals surface area contributed by atoms with Crippen LogP contribution in [0.3, 0.4) is 0 Å². The fourth-order valence-corrected chi connectivity index (χ4v) is 5.81. The van der Waals surface area contributed by atoms with Crippen LogP contribution in [0.25, 0.3) is 0 Å². The van der Waals surface area contributed by atoms with Crippen LogP contribution in [-0.2, 0) is 9.84 Å². The highest BCUT2D eigenvalue weighted by atomic mass is 32.2. The number of hydrogen-bond donors (Lipinski definition) is 0. The number of fused-ring (bicyclic) bond motifs is 1. The lowest BCUT2D eigenvalue weighted by molar-refractivity contribution is 0.601. The molecule has 1 aromatic carbocycles. The molecule has 0 spiro atoms. The third-order valence-corrected chi connectivity index (χ3v) is 6.44. The topological polar surface area (TPSA) is 49.7 Å². The van der Waals surface area contributed by atoms with E-state index in [0.717, 1.165) is 16.6 Å². The van der Waals surface area contributed by atoms with Gasteiger partial charge in [0.15, 0.2) is 15.0 Å². The summed E-state index contributed by atoms with van der Waals surface area (Å²) in [4.78, 5) is 6.81. The van der Waals surface area contributed by atoms with E-state index in [9.17, 15) is 8.42 Å². The Bertz CT molecular complexity index is 707. The number of anilines is 1. The molecule has 0 aromatic heterocycles. The van der Waals surface area contributed by atoms with Crippen LogP contribution in [0.5, 0.6) is 0 Å². The zero-order valence-corrected chi connectivity index (χ0v) is 14.4. The van der Waals surface area contributed by atoms with Crippen molar-refractivity contribution in [3.05, 3.63) is 42.0 Å². The van der Waals surface area contributed by atoms with Crippen LogP contribution < -0.4 is 4.90 Å². The number of aliphatic imine (C=N–C) groups is 1. The second kappa shape index (κ2) is 6.08. The molecule has 3 rings (SSSR count). The molecular weight excluding hydrogens is 316 g/mol. The Balaban J connectivity index is 1.88. The molecule has 0 radical (unpaired) electrons. The molecule has 0 unspecified atom stereocenters. The summed E-state index contributed by atoms with van der Waals surface area (Å²) in [6, 6.07) is 9.78. The predicted octanol–water partition coefficient (Wildman–Crippen LogP) is 2.73. The van der Waals surface area contributed by atoms with E-state index in [0.29, 0.717) is 0 Å². The molecule has 22 heavy (non-hydrogen) atoms. The van der Waals surface area contributed by atoms with E-state index in [4.69, 9.17) is 4.99 Å². The number of allylic oxidation sites excluding steroid dienone is 1. The van der Waals surface area contributed by atoms with E-state index in [1.54, 1.807) is 11.8 Å².